The smallest absolute Gasteiger partial charge is 0.350 e. The van der Waals surface area contributed by atoms with E-state index in [0.717, 1.165) is 17.0 Å². The van der Waals surface area contributed by atoms with Crippen LogP contribution in [0.4, 0.5) is 11.4 Å². The van der Waals surface area contributed by atoms with E-state index in [1.165, 1.54) is 38.4 Å². The molecule has 11 heteroatoms. The minimum absolute atomic E-state index is 0.287. The first-order chi connectivity index (χ1) is 15.0. The predicted molar refractivity (Wildman–Crippen MR) is 112 cm³/mol. The number of amides is 1. The topological polar surface area (TPSA) is 157 Å². The fourth-order valence-electron chi connectivity index (χ4n) is 2.77. The van der Waals surface area contributed by atoms with Crippen LogP contribution in [0.25, 0.3) is 5.76 Å². The minimum atomic E-state index is -1.24. The number of rotatable bonds is 6. The van der Waals surface area contributed by atoms with E-state index in [0.29, 0.717) is 11.1 Å². The number of nitro benzene ring substituents is 2. The number of carbonyl (C=O) groups is 2. The number of nitrogens with zero attached hydrogens (tertiary/aromatic N) is 4. The summed E-state index contributed by atoms with van der Waals surface area (Å²) in [5, 5.41) is 32.5. The van der Waals surface area contributed by atoms with Crippen LogP contribution in [0, 0.1) is 45.4 Å². The number of carbonyl (C=O) groups excluding carboxylic acids is 2. The zero-order valence-electron chi connectivity index (χ0n) is 17.6. The van der Waals surface area contributed by atoms with Gasteiger partial charge in [0.15, 0.2) is 11.3 Å². The lowest BCUT2D eigenvalue weighted by atomic mass is 10.0. The fourth-order valence-corrected chi connectivity index (χ4v) is 2.77. The Kier molecular flexibility index (Phi) is 7.02. The molecular weight excluding hydrogens is 420 g/mol. The summed E-state index contributed by atoms with van der Waals surface area (Å²) < 4.78 is 5.30. The second kappa shape index (κ2) is 9.48. The lowest BCUT2D eigenvalue weighted by molar-refractivity contribution is -0.385. The molecule has 2 aromatic rings. The number of esters is 1. The third-order valence-electron chi connectivity index (χ3n) is 4.32. The molecule has 0 atom stereocenters. The summed E-state index contributed by atoms with van der Waals surface area (Å²) >= 11 is 0. The number of aryl methyl sites for hydroxylation is 2. The molecule has 0 bridgehead atoms. The van der Waals surface area contributed by atoms with Gasteiger partial charge in [0.25, 0.3) is 17.3 Å². The maximum absolute atomic E-state index is 12.9. The Morgan fingerprint density at radius 3 is 1.84 bits per heavy atom. The summed E-state index contributed by atoms with van der Waals surface area (Å²) in [4.78, 5) is 47.9. The highest BCUT2D eigenvalue weighted by atomic mass is 16.6. The van der Waals surface area contributed by atoms with Gasteiger partial charge >= 0.3 is 5.97 Å². The molecule has 1 amide bonds. The Labute approximate surface area is 182 Å². The van der Waals surface area contributed by atoms with Crippen LogP contribution in [0.1, 0.15) is 27.0 Å². The van der Waals surface area contributed by atoms with Gasteiger partial charge in [-0.1, -0.05) is 12.1 Å². The van der Waals surface area contributed by atoms with Crippen LogP contribution in [0.2, 0.25) is 0 Å². The maximum Gasteiger partial charge on any atom is 0.350 e. The van der Waals surface area contributed by atoms with E-state index < -0.39 is 50.0 Å². The Hall–Kier alpha value is -4.59. The highest BCUT2D eigenvalue weighted by Crippen LogP contribution is 2.32. The largest absolute Gasteiger partial charge is 0.420 e. The van der Waals surface area contributed by atoms with Crippen LogP contribution >= 0.6 is 0 Å². The summed E-state index contributed by atoms with van der Waals surface area (Å²) in [6, 6.07) is 9.24. The Morgan fingerprint density at radius 1 is 0.938 bits per heavy atom. The van der Waals surface area contributed by atoms with Crippen LogP contribution < -0.4 is 0 Å². The third-order valence-corrected chi connectivity index (χ3v) is 4.32. The molecule has 2 rings (SSSR count). The highest BCUT2D eigenvalue weighted by molar-refractivity contribution is 6.07. The van der Waals surface area contributed by atoms with Crippen LogP contribution in [0.5, 0.6) is 0 Å². The monoisotopic (exact) mass is 438 g/mol. The van der Waals surface area contributed by atoms with Crippen molar-refractivity contribution < 1.29 is 24.2 Å². The van der Waals surface area contributed by atoms with E-state index in [9.17, 15) is 35.1 Å². The molecule has 0 aliphatic carbocycles. The molecule has 2 aromatic carbocycles. The van der Waals surface area contributed by atoms with Crippen molar-refractivity contribution in [2.45, 2.75) is 13.8 Å². The summed E-state index contributed by atoms with van der Waals surface area (Å²) in [6.45, 7) is 3.21. The van der Waals surface area contributed by atoms with E-state index in [2.05, 4.69) is 0 Å². The van der Waals surface area contributed by atoms with Gasteiger partial charge in [-0.2, -0.15) is 5.26 Å². The van der Waals surface area contributed by atoms with Crippen molar-refractivity contribution in [2.75, 3.05) is 14.1 Å². The van der Waals surface area contributed by atoms with Gasteiger partial charge in [0.05, 0.1) is 15.4 Å². The molecule has 32 heavy (non-hydrogen) atoms. The van der Waals surface area contributed by atoms with Gasteiger partial charge in [0, 0.05) is 26.2 Å². The first-order valence-corrected chi connectivity index (χ1v) is 9.06. The van der Waals surface area contributed by atoms with E-state index in [-0.39, 0.29) is 5.56 Å². The van der Waals surface area contributed by atoms with Crippen molar-refractivity contribution in [3.05, 3.63) is 84.5 Å². The number of nitriles is 1. The molecule has 0 aliphatic heterocycles. The average molecular weight is 438 g/mol. The van der Waals surface area contributed by atoms with Gasteiger partial charge in [-0.3, -0.25) is 25.0 Å². The lowest BCUT2D eigenvalue weighted by Gasteiger charge is -2.15. The molecule has 0 N–H and O–H groups in total. The lowest BCUT2D eigenvalue weighted by Crippen LogP contribution is -2.25. The first kappa shape index (κ1) is 23.7. The molecule has 0 aliphatic rings. The number of hydrogen-bond donors (Lipinski definition) is 0. The van der Waals surface area contributed by atoms with Crippen molar-refractivity contribution in [2.24, 2.45) is 0 Å². The number of nitro groups is 2. The average Bonchev–Trinajstić information content (AvgIpc) is 2.72. The van der Waals surface area contributed by atoms with Crippen LogP contribution in [0.15, 0.2) is 42.0 Å². The van der Waals surface area contributed by atoms with Crippen LogP contribution in [0.3, 0.4) is 0 Å². The second-order valence-corrected chi connectivity index (χ2v) is 6.96. The molecule has 0 spiro atoms. The van der Waals surface area contributed by atoms with Gasteiger partial charge in [0.2, 0.25) is 0 Å². The quantitative estimate of drug-likeness (QED) is 0.166. The molecule has 0 fully saturated rings. The molecule has 11 nitrogen and oxygen atoms in total. The normalized spacial score (nSPS) is 11.1. The molecule has 0 heterocycles. The van der Waals surface area contributed by atoms with E-state index in [1.807, 2.05) is 0 Å². The SMILES string of the molecule is Cc1ccc([N+](=O)[O-])c(C(=O)OC(=C(C#N)C(=O)N(C)C)c2cc(C)ccc2[N+](=O)[O-])c1. The van der Waals surface area contributed by atoms with Crippen LogP contribution in [-0.4, -0.2) is 40.7 Å². The molecule has 0 saturated heterocycles. The van der Waals surface area contributed by atoms with Gasteiger partial charge in [-0.15, -0.1) is 0 Å². The minimum Gasteiger partial charge on any atom is -0.420 e. The van der Waals surface area contributed by atoms with Crippen molar-refractivity contribution in [3.63, 3.8) is 0 Å². The van der Waals surface area contributed by atoms with E-state index in [1.54, 1.807) is 19.9 Å². The Morgan fingerprint density at radius 2 is 1.41 bits per heavy atom. The van der Waals surface area contributed by atoms with Crippen molar-refractivity contribution in [1.82, 2.24) is 4.90 Å². The first-order valence-electron chi connectivity index (χ1n) is 9.06. The Bertz CT molecular complexity index is 1210. The molecule has 0 radical (unpaired) electrons. The van der Waals surface area contributed by atoms with Crippen molar-refractivity contribution in [3.8, 4) is 6.07 Å². The summed E-state index contributed by atoms with van der Waals surface area (Å²) in [5.74, 6) is -2.78. The molecule has 0 unspecified atom stereocenters. The highest BCUT2D eigenvalue weighted by Gasteiger charge is 2.30. The van der Waals surface area contributed by atoms with E-state index >= 15 is 0 Å². The second-order valence-electron chi connectivity index (χ2n) is 6.96. The zero-order valence-corrected chi connectivity index (χ0v) is 17.6. The summed E-state index contributed by atoms with van der Waals surface area (Å²) in [5.41, 5.74) is -1.43. The van der Waals surface area contributed by atoms with Crippen LogP contribution in [-0.2, 0) is 9.53 Å². The molecule has 0 aromatic heterocycles. The predicted octanol–water partition coefficient (Wildman–Crippen LogP) is 3.30. The molecule has 164 valence electrons. The van der Waals surface area contributed by atoms with Gasteiger partial charge in [0.1, 0.15) is 11.6 Å². The number of ether oxygens (including phenoxy) is 1. The Balaban J connectivity index is 2.80. The molecule has 0 saturated carbocycles. The summed E-state index contributed by atoms with van der Waals surface area (Å²) in [7, 11) is 2.68. The fraction of sp³-hybridized carbons (Fsp3) is 0.190. The zero-order chi connectivity index (χ0) is 24.2. The standard InChI is InChI=1S/C21H18N4O7/c1-12-5-7-17(24(28)29)14(9-12)19(16(11-22)20(26)23(3)4)32-21(27)15-10-13(2)6-8-18(15)25(30)31/h5-10H,1-4H3. The third kappa shape index (κ3) is 4.93. The van der Waals surface area contributed by atoms with Gasteiger partial charge in [-0.05, 0) is 37.1 Å². The van der Waals surface area contributed by atoms with Gasteiger partial charge < -0.3 is 9.64 Å². The van der Waals surface area contributed by atoms with Crippen molar-refractivity contribution in [1.29, 1.82) is 5.26 Å². The van der Waals surface area contributed by atoms with E-state index in [4.69, 9.17) is 4.74 Å². The molecular formula is C21H18N4O7. The van der Waals surface area contributed by atoms with Gasteiger partial charge in [-0.25, -0.2) is 4.79 Å². The number of likely N-dealkylation sites (N-methyl/N-ethyl adjacent to an activating group) is 1. The summed E-state index contributed by atoms with van der Waals surface area (Å²) in [6.07, 6.45) is 0. The number of benzene rings is 2. The number of hydrogen-bond acceptors (Lipinski definition) is 8. The maximum atomic E-state index is 12.9. The van der Waals surface area contributed by atoms with Crippen molar-refractivity contribution >= 4 is 29.0 Å².